The van der Waals surface area contributed by atoms with Crippen molar-refractivity contribution in [2.45, 2.75) is 20.8 Å². The van der Waals surface area contributed by atoms with Gasteiger partial charge < -0.3 is 25.3 Å². The fourth-order valence-electron chi connectivity index (χ4n) is 3.68. The van der Waals surface area contributed by atoms with Gasteiger partial charge >= 0.3 is 0 Å². The fraction of sp³-hybridized carbons (Fsp3) is 0.467. The van der Waals surface area contributed by atoms with E-state index in [-0.39, 0.29) is 13.7 Å². The quantitative estimate of drug-likeness (QED) is 0.192. The van der Waals surface area contributed by atoms with Gasteiger partial charge in [-0.1, -0.05) is 19.9 Å². The van der Waals surface area contributed by atoms with Gasteiger partial charge in [-0.25, -0.2) is 19.7 Å². The number of nitrogens with one attached hydrogen (secondary N) is 1. The molecule has 0 amide bonds. The molecule has 3 aromatic rings. The number of anilines is 2. The van der Waals surface area contributed by atoms with E-state index < -0.39 is 16.0 Å². The highest BCUT2D eigenvalue weighted by atomic mass is 32.3. The van der Waals surface area contributed by atoms with Crippen LogP contribution in [0.1, 0.15) is 26.5 Å². The number of rotatable bonds is 13. The van der Waals surface area contributed by atoms with Crippen LogP contribution < -0.4 is 15.8 Å². The van der Waals surface area contributed by atoms with Crippen molar-refractivity contribution in [3.63, 3.8) is 0 Å². The van der Waals surface area contributed by atoms with Gasteiger partial charge in [-0.15, -0.1) is 5.10 Å². The number of allylic oxidation sites excluding steroid dienone is 1. The molecule has 2 aromatic heterocycles. The number of nitrogens with two attached hydrogens (primary N) is 1. The number of hydrogen-bond acceptors (Lipinski definition) is 9. The second-order valence-electron chi connectivity index (χ2n) is 10.5. The monoisotopic (exact) mass is 603 g/mol. The minimum Gasteiger partial charge on any atom is -0.491 e. The van der Waals surface area contributed by atoms with Gasteiger partial charge in [0.15, 0.2) is 5.82 Å². The topological polar surface area (TPSA) is 122 Å². The fourth-order valence-corrected chi connectivity index (χ4v) is 4.30. The van der Waals surface area contributed by atoms with E-state index in [0.29, 0.717) is 61.1 Å². The van der Waals surface area contributed by atoms with E-state index >= 15 is 4.39 Å². The van der Waals surface area contributed by atoms with Gasteiger partial charge in [0.1, 0.15) is 12.5 Å². The van der Waals surface area contributed by atoms with Crippen molar-refractivity contribution >= 4 is 33.2 Å². The summed E-state index contributed by atoms with van der Waals surface area (Å²) in [5, 5.41) is 7.81. The Hall–Kier alpha value is -3.48. The number of benzene rings is 1. The molecule has 232 valence electrons. The molecule has 12 heteroatoms. The average molecular weight is 604 g/mol. The normalized spacial score (nSPS) is 14.6. The van der Waals surface area contributed by atoms with E-state index in [1.165, 1.54) is 6.20 Å². The van der Waals surface area contributed by atoms with E-state index in [9.17, 15) is 0 Å². The molecule has 42 heavy (non-hydrogen) atoms. The molecule has 4 rings (SSSR count). The van der Waals surface area contributed by atoms with Crippen LogP contribution in [-0.2, 0) is 16.5 Å². The van der Waals surface area contributed by atoms with E-state index in [0.717, 1.165) is 17.0 Å². The Morgan fingerprint density at radius 1 is 1.26 bits per heavy atom. The Labute approximate surface area is 251 Å². The number of pyridine rings is 1. The number of aromatic nitrogens is 4. The summed E-state index contributed by atoms with van der Waals surface area (Å²) in [6.07, 6.45) is 9.56. The minimum atomic E-state index is -0.700. The molecule has 3 N–H and O–H groups in total. The highest BCUT2D eigenvalue weighted by molar-refractivity contribution is 8.32. The average Bonchev–Trinajstić information content (AvgIpc) is 3.30. The molecule has 0 radical (unpaired) electrons. The SMILES string of the molecule is CC.Cc1ccc(-c2nc(Nc3ccc(C(=C/N)/C(F)=N/COCCS(C)(C)C)cc3OCC3COC3)n(C)n2)cn1.[HH]. The summed E-state index contributed by atoms with van der Waals surface area (Å²) in [4.78, 5) is 12.9. The molecule has 3 heterocycles. The van der Waals surface area contributed by atoms with Gasteiger partial charge in [0, 0.05) is 43.8 Å². The molecular weight excluding hydrogens is 557 g/mol. The first-order chi connectivity index (χ1) is 20.1. The van der Waals surface area contributed by atoms with Crippen LogP contribution in [0.4, 0.5) is 16.0 Å². The van der Waals surface area contributed by atoms with Gasteiger partial charge in [-0.3, -0.25) is 4.98 Å². The molecule has 1 aliphatic rings. The molecular formula is C30H46FN7O3S. The Bertz CT molecular complexity index is 1360. The van der Waals surface area contributed by atoms with Gasteiger partial charge in [0.25, 0.3) is 0 Å². The Balaban J connectivity index is 0.00000211. The molecule has 0 unspecified atom stereocenters. The number of nitrogens with zero attached hydrogens (tertiary/aromatic N) is 5. The Morgan fingerprint density at radius 2 is 2.02 bits per heavy atom. The van der Waals surface area contributed by atoms with Crippen molar-refractivity contribution in [1.29, 1.82) is 0 Å². The van der Waals surface area contributed by atoms with E-state index in [2.05, 4.69) is 44.1 Å². The summed E-state index contributed by atoms with van der Waals surface area (Å²) >= 11 is 0. The lowest BCUT2D eigenvalue weighted by Crippen LogP contribution is -2.32. The third-order valence-corrected chi connectivity index (χ3v) is 7.57. The number of halogens is 1. The molecule has 0 spiro atoms. The van der Waals surface area contributed by atoms with Crippen LogP contribution in [0, 0.1) is 12.8 Å². The second-order valence-corrected chi connectivity index (χ2v) is 15.1. The lowest BCUT2D eigenvalue weighted by Gasteiger charge is -2.26. The van der Waals surface area contributed by atoms with Crippen molar-refractivity contribution in [3.8, 4) is 17.1 Å². The molecule has 0 bridgehead atoms. The maximum absolute atomic E-state index is 15.0. The van der Waals surface area contributed by atoms with Crippen LogP contribution in [-0.4, -0.2) is 83.4 Å². The van der Waals surface area contributed by atoms with Crippen LogP contribution in [0.3, 0.4) is 0 Å². The zero-order valence-electron chi connectivity index (χ0n) is 25.7. The van der Waals surface area contributed by atoms with E-state index in [1.807, 2.05) is 32.9 Å². The maximum Gasteiger partial charge on any atom is 0.226 e. The summed E-state index contributed by atoms with van der Waals surface area (Å²) in [6, 6.07) is 9.13. The maximum atomic E-state index is 15.0. The van der Waals surface area contributed by atoms with Crippen LogP contribution in [0.5, 0.6) is 5.75 Å². The van der Waals surface area contributed by atoms with Crippen LogP contribution >= 0.6 is 10.0 Å². The molecule has 0 saturated carbocycles. The largest absolute Gasteiger partial charge is 0.491 e. The third kappa shape index (κ3) is 9.53. The molecule has 0 aliphatic carbocycles. The molecule has 10 nitrogen and oxygen atoms in total. The van der Waals surface area contributed by atoms with E-state index in [1.54, 1.807) is 36.1 Å². The van der Waals surface area contributed by atoms with Crippen LogP contribution in [0.2, 0.25) is 0 Å². The van der Waals surface area contributed by atoms with Crippen molar-refractivity contribution in [2.24, 2.45) is 23.7 Å². The van der Waals surface area contributed by atoms with Gasteiger partial charge in [-0.05, 0) is 55.5 Å². The standard InChI is InChI=1S/C28H38FN7O3S.C2H6.H2/c1-19-6-7-22(14-31-19)27-34-28(36(2)35-27)33-24-9-8-21(12-25(24)39-17-20-15-38-16-20)23(13-30)26(29)32-18-37-10-11-40(3,4)5;1-2;/h6-9,12-14,20H,10-11,15-18,30H2,1-5H3,(H,33,34,35);1-2H3;1H/b23-13-,32-26-;;. The number of ether oxygens (including phenoxy) is 3. The van der Waals surface area contributed by atoms with Crippen molar-refractivity contribution in [2.75, 3.05) is 63.0 Å². The van der Waals surface area contributed by atoms with Gasteiger partial charge in [0.2, 0.25) is 11.9 Å². The van der Waals surface area contributed by atoms with Crippen molar-refractivity contribution < 1.29 is 20.0 Å². The van der Waals surface area contributed by atoms with Crippen LogP contribution in [0.25, 0.3) is 17.0 Å². The van der Waals surface area contributed by atoms with Gasteiger partial charge in [0.05, 0.1) is 37.7 Å². The zero-order chi connectivity index (χ0) is 30.7. The summed E-state index contributed by atoms with van der Waals surface area (Å²) in [6.45, 7) is 8.13. The molecule has 0 atom stereocenters. The Morgan fingerprint density at radius 3 is 2.64 bits per heavy atom. The predicted octanol–water partition coefficient (Wildman–Crippen LogP) is 5.56. The Kier molecular flexibility index (Phi) is 12.3. The van der Waals surface area contributed by atoms with E-state index in [4.69, 9.17) is 19.9 Å². The lowest BCUT2D eigenvalue weighted by molar-refractivity contribution is -0.0507. The van der Waals surface area contributed by atoms with Crippen molar-refractivity contribution in [1.82, 2.24) is 19.7 Å². The number of aliphatic imine (C=N–C) groups is 1. The summed E-state index contributed by atoms with van der Waals surface area (Å²) in [5.41, 5.74) is 8.87. The van der Waals surface area contributed by atoms with Crippen LogP contribution in [0.15, 0.2) is 47.7 Å². The first-order valence-electron chi connectivity index (χ1n) is 13.9. The third-order valence-electron chi connectivity index (χ3n) is 6.18. The molecule has 1 saturated heterocycles. The number of hydrogen-bond donors (Lipinski definition) is 2. The second kappa shape index (κ2) is 15.7. The smallest absolute Gasteiger partial charge is 0.226 e. The lowest BCUT2D eigenvalue weighted by atomic mass is 10.1. The summed E-state index contributed by atoms with van der Waals surface area (Å²) < 4.78 is 33.6. The van der Waals surface area contributed by atoms with Crippen molar-refractivity contribution in [3.05, 3.63) is 54.0 Å². The summed E-state index contributed by atoms with van der Waals surface area (Å²) in [7, 11) is 1.11. The zero-order valence-corrected chi connectivity index (χ0v) is 26.5. The molecule has 1 aromatic carbocycles. The van der Waals surface area contributed by atoms with Gasteiger partial charge in [-0.2, -0.15) is 9.37 Å². The highest BCUT2D eigenvalue weighted by Crippen LogP contribution is 2.34. The highest BCUT2D eigenvalue weighted by Gasteiger charge is 2.21. The first-order valence-corrected chi connectivity index (χ1v) is 17.0. The molecule has 1 fully saturated rings. The summed E-state index contributed by atoms with van der Waals surface area (Å²) in [5.74, 6) is 2.09. The molecule has 1 aliphatic heterocycles. The first kappa shape index (κ1) is 33.0. The number of aryl methyl sites for hydroxylation is 2. The predicted molar refractivity (Wildman–Crippen MR) is 174 cm³/mol. The minimum absolute atomic E-state index is 0.